The van der Waals surface area contributed by atoms with Crippen LogP contribution in [0.3, 0.4) is 0 Å². The second-order valence-electron chi connectivity index (χ2n) is 5.61. The van der Waals surface area contributed by atoms with E-state index in [-0.39, 0.29) is 12.4 Å². The van der Waals surface area contributed by atoms with E-state index in [2.05, 4.69) is 43.3 Å². The van der Waals surface area contributed by atoms with Crippen LogP contribution in [0.5, 0.6) is 0 Å². The lowest BCUT2D eigenvalue weighted by Gasteiger charge is -2.06. The van der Waals surface area contributed by atoms with Gasteiger partial charge in [-0.05, 0) is 36.2 Å². The standard InChI is InChI=1S/C19H18BrN3O2S/c1-25-19(24)10-15-6-7-17(26-15)16-11-18(23-12-22-16)21-9-8-13-2-4-14(20)5-3-13/h2-7,11-12H,8-10H2,1H3,(H,21,22,23). The topological polar surface area (TPSA) is 64.1 Å². The fraction of sp³-hybridized carbons (Fsp3) is 0.211. The van der Waals surface area contributed by atoms with Crippen LogP contribution in [0.1, 0.15) is 10.4 Å². The van der Waals surface area contributed by atoms with Crippen molar-refractivity contribution in [3.8, 4) is 10.6 Å². The van der Waals surface area contributed by atoms with Crippen LogP contribution < -0.4 is 5.32 Å². The summed E-state index contributed by atoms with van der Waals surface area (Å²) in [5.41, 5.74) is 2.10. The van der Waals surface area contributed by atoms with Crippen LogP contribution in [0.25, 0.3) is 10.6 Å². The summed E-state index contributed by atoms with van der Waals surface area (Å²) < 4.78 is 5.79. The summed E-state index contributed by atoms with van der Waals surface area (Å²) in [5.74, 6) is 0.548. The van der Waals surface area contributed by atoms with Gasteiger partial charge in [-0.25, -0.2) is 9.97 Å². The van der Waals surface area contributed by atoms with Crippen LogP contribution in [-0.4, -0.2) is 29.6 Å². The number of thiophene rings is 1. The van der Waals surface area contributed by atoms with Gasteiger partial charge in [0.25, 0.3) is 0 Å². The fourth-order valence-electron chi connectivity index (χ4n) is 2.40. The number of esters is 1. The van der Waals surface area contributed by atoms with Gasteiger partial charge in [-0.3, -0.25) is 4.79 Å². The van der Waals surface area contributed by atoms with Crippen LogP contribution >= 0.6 is 27.3 Å². The van der Waals surface area contributed by atoms with Crippen molar-refractivity contribution in [1.82, 2.24) is 9.97 Å². The number of ether oxygens (including phenoxy) is 1. The molecule has 0 aliphatic heterocycles. The molecule has 5 nitrogen and oxygen atoms in total. The molecule has 3 aromatic rings. The normalized spacial score (nSPS) is 10.5. The summed E-state index contributed by atoms with van der Waals surface area (Å²) in [6, 6.07) is 14.1. The number of hydrogen-bond donors (Lipinski definition) is 1. The Hall–Kier alpha value is -2.25. The molecule has 134 valence electrons. The molecule has 26 heavy (non-hydrogen) atoms. The van der Waals surface area contributed by atoms with Crippen molar-refractivity contribution in [1.29, 1.82) is 0 Å². The number of hydrogen-bond acceptors (Lipinski definition) is 6. The summed E-state index contributed by atoms with van der Waals surface area (Å²) in [7, 11) is 1.40. The van der Waals surface area contributed by atoms with Crippen LogP contribution in [0, 0.1) is 0 Å². The van der Waals surface area contributed by atoms with Crippen LogP contribution in [0.4, 0.5) is 5.82 Å². The maximum absolute atomic E-state index is 11.4. The molecule has 0 radical (unpaired) electrons. The van der Waals surface area contributed by atoms with E-state index in [1.807, 2.05) is 30.3 Å². The maximum atomic E-state index is 11.4. The average molecular weight is 432 g/mol. The van der Waals surface area contributed by atoms with Crippen molar-refractivity contribution in [2.24, 2.45) is 0 Å². The molecule has 2 aromatic heterocycles. The van der Waals surface area contributed by atoms with Gasteiger partial charge in [-0.15, -0.1) is 11.3 Å². The number of nitrogens with zero attached hydrogens (tertiary/aromatic N) is 2. The van der Waals surface area contributed by atoms with Gasteiger partial charge < -0.3 is 10.1 Å². The molecule has 0 saturated heterocycles. The molecule has 0 aliphatic carbocycles. The molecule has 7 heteroatoms. The Kier molecular flexibility index (Phi) is 6.35. The monoisotopic (exact) mass is 431 g/mol. The van der Waals surface area contributed by atoms with Gasteiger partial charge in [0.15, 0.2) is 0 Å². The van der Waals surface area contributed by atoms with Crippen LogP contribution in [-0.2, 0) is 22.4 Å². The summed E-state index contributed by atoms with van der Waals surface area (Å²) in [6.07, 6.45) is 2.75. The van der Waals surface area contributed by atoms with E-state index in [0.29, 0.717) is 0 Å². The number of carbonyl (C=O) groups excluding carboxylic acids is 1. The molecule has 3 rings (SSSR count). The second kappa shape index (κ2) is 8.91. The molecular weight excluding hydrogens is 414 g/mol. The van der Waals surface area contributed by atoms with E-state index >= 15 is 0 Å². The SMILES string of the molecule is COC(=O)Cc1ccc(-c2cc(NCCc3ccc(Br)cc3)ncn2)s1. The Balaban J connectivity index is 1.61. The van der Waals surface area contributed by atoms with Crippen LogP contribution in [0.15, 0.2) is 53.3 Å². The van der Waals surface area contributed by atoms with Gasteiger partial charge >= 0.3 is 5.97 Å². The van der Waals surface area contributed by atoms with E-state index in [4.69, 9.17) is 4.74 Å². The third-order valence-electron chi connectivity index (χ3n) is 3.76. The zero-order valence-corrected chi connectivity index (χ0v) is 16.6. The van der Waals surface area contributed by atoms with Gasteiger partial charge in [0, 0.05) is 22.0 Å². The average Bonchev–Trinajstić information content (AvgIpc) is 3.12. The molecule has 0 atom stereocenters. The van der Waals surface area contributed by atoms with E-state index in [0.717, 1.165) is 38.7 Å². The van der Waals surface area contributed by atoms with Crippen molar-refractivity contribution in [2.45, 2.75) is 12.8 Å². The number of anilines is 1. The quantitative estimate of drug-likeness (QED) is 0.563. The predicted octanol–water partition coefficient (Wildman–Crippen LogP) is 4.34. The van der Waals surface area contributed by atoms with E-state index < -0.39 is 0 Å². The Morgan fingerprint density at radius 3 is 2.77 bits per heavy atom. The molecule has 0 spiro atoms. The van der Waals surface area contributed by atoms with E-state index in [9.17, 15) is 4.79 Å². The molecule has 0 amide bonds. The first kappa shape index (κ1) is 18.5. The van der Waals surface area contributed by atoms with Crippen molar-refractivity contribution in [2.75, 3.05) is 19.0 Å². The third-order valence-corrected chi connectivity index (χ3v) is 5.40. The first-order valence-corrected chi connectivity index (χ1v) is 9.71. The maximum Gasteiger partial charge on any atom is 0.310 e. The molecular formula is C19H18BrN3O2S. The molecule has 0 saturated carbocycles. The number of aromatic nitrogens is 2. The molecule has 2 heterocycles. The van der Waals surface area contributed by atoms with Crippen molar-refractivity contribution in [3.63, 3.8) is 0 Å². The third kappa shape index (κ3) is 5.12. The molecule has 1 N–H and O–H groups in total. The number of methoxy groups -OCH3 is 1. The summed E-state index contributed by atoms with van der Waals surface area (Å²) >= 11 is 4.98. The number of benzene rings is 1. The lowest BCUT2D eigenvalue weighted by Crippen LogP contribution is -2.06. The largest absolute Gasteiger partial charge is 0.469 e. The minimum absolute atomic E-state index is 0.239. The lowest BCUT2D eigenvalue weighted by molar-refractivity contribution is -0.139. The highest BCUT2D eigenvalue weighted by Gasteiger charge is 2.09. The van der Waals surface area contributed by atoms with Crippen molar-refractivity contribution in [3.05, 3.63) is 63.7 Å². The van der Waals surface area contributed by atoms with Gasteiger partial charge in [0.05, 0.1) is 24.1 Å². The Morgan fingerprint density at radius 1 is 1.19 bits per heavy atom. The molecule has 0 bridgehead atoms. The van der Waals surface area contributed by atoms with E-state index in [1.54, 1.807) is 6.33 Å². The number of rotatable bonds is 7. The zero-order valence-electron chi connectivity index (χ0n) is 14.2. The van der Waals surface area contributed by atoms with Crippen molar-refractivity contribution >= 4 is 39.1 Å². The zero-order chi connectivity index (χ0) is 18.4. The molecule has 1 aromatic carbocycles. The summed E-state index contributed by atoms with van der Waals surface area (Å²) in [5, 5.41) is 3.33. The van der Waals surface area contributed by atoms with Gasteiger partial charge in [-0.1, -0.05) is 28.1 Å². The van der Waals surface area contributed by atoms with Gasteiger partial charge in [0.2, 0.25) is 0 Å². The highest BCUT2D eigenvalue weighted by molar-refractivity contribution is 9.10. The van der Waals surface area contributed by atoms with Crippen LogP contribution in [0.2, 0.25) is 0 Å². The Bertz CT molecular complexity index is 881. The Morgan fingerprint density at radius 2 is 2.00 bits per heavy atom. The van der Waals surface area contributed by atoms with Gasteiger partial charge in [0.1, 0.15) is 12.1 Å². The number of halogens is 1. The minimum atomic E-state index is -0.239. The number of nitrogens with one attached hydrogen (secondary N) is 1. The summed E-state index contributed by atoms with van der Waals surface area (Å²) in [6.45, 7) is 0.788. The first-order valence-electron chi connectivity index (χ1n) is 8.10. The predicted molar refractivity (Wildman–Crippen MR) is 107 cm³/mol. The van der Waals surface area contributed by atoms with Crippen molar-refractivity contribution < 1.29 is 9.53 Å². The van der Waals surface area contributed by atoms with E-state index in [1.165, 1.54) is 24.0 Å². The highest BCUT2D eigenvalue weighted by Crippen LogP contribution is 2.28. The second-order valence-corrected chi connectivity index (χ2v) is 7.69. The molecule has 0 aliphatic rings. The van der Waals surface area contributed by atoms with Gasteiger partial charge in [-0.2, -0.15) is 0 Å². The summed E-state index contributed by atoms with van der Waals surface area (Å²) in [4.78, 5) is 22.0. The Labute approximate surface area is 164 Å². The smallest absolute Gasteiger partial charge is 0.310 e. The molecule has 0 unspecified atom stereocenters. The first-order chi connectivity index (χ1) is 12.6. The highest BCUT2D eigenvalue weighted by atomic mass is 79.9. The number of carbonyl (C=O) groups is 1. The minimum Gasteiger partial charge on any atom is -0.469 e. The lowest BCUT2D eigenvalue weighted by atomic mass is 10.1. The fourth-order valence-corrected chi connectivity index (χ4v) is 3.62. The molecule has 0 fully saturated rings.